The summed E-state index contributed by atoms with van der Waals surface area (Å²) in [6, 6.07) is 6.17. The molecule has 2 unspecified atom stereocenters. The minimum Gasteiger partial charge on any atom is -0.394 e. The van der Waals surface area contributed by atoms with Crippen molar-refractivity contribution in [3.05, 3.63) is 35.6 Å². The summed E-state index contributed by atoms with van der Waals surface area (Å²) in [6.45, 7) is 2.52. The van der Waals surface area contributed by atoms with E-state index in [0.29, 0.717) is 18.5 Å². The fourth-order valence-corrected chi connectivity index (χ4v) is 2.63. The van der Waals surface area contributed by atoms with Crippen molar-refractivity contribution >= 4 is 6.03 Å². The van der Waals surface area contributed by atoms with E-state index in [1.807, 2.05) is 6.92 Å². The fourth-order valence-electron chi connectivity index (χ4n) is 2.63. The van der Waals surface area contributed by atoms with E-state index in [0.717, 1.165) is 12.8 Å². The molecule has 2 N–H and O–H groups in total. The van der Waals surface area contributed by atoms with Gasteiger partial charge in [-0.2, -0.15) is 0 Å². The van der Waals surface area contributed by atoms with Gasteiger partial charge < -0.3 is 15.3 Å². The van der Waals surface area contributed by atoms with Crippen molar-refractivity contribution in [2.75, 3.05) is 13.2 Å². The predicted octanol–water partition coefficient (Wildman–Crippen LogP) is 1.92. The van der Waals surface area contributed by atoms with E-state index < -0.39 is 0 Å². The number of aliphatic hydroxyl groups excluding tert-OH is 1. The second-order valence-corrected chi connectivity index (χ2v) is 5.32. The molecule has 1 aromatic carbocycles. The van der Waals surface area contributed by atoms with Gasteiger partial charge in [0.15, 0.2) is 0 Å². The summed E-state index contributed by atoms with van der Waals surface area (Å²) in [4.78, 5) is 13.8. The SMILES string of the molecule is CC(Cc1ccccc1F)NC(=O)N1CCCC1CO. The Bertz CT molecular complexity index is 467. The van der Waals surface area contributed by atoms with Gasteiger partial charge in [0.2, 0.25) is 0 Å². The number of amides is 2. The van der Waals surface area contributed by atoms with E-state index in [2.05, 4.69) is 5.32 Å². The Kier molecular flexibility index (Phi) is 4.95. The van der Waals surface area contributed by atoms with Crippen molar-refractivity contribution in [1.29, 1.82) is 0 Å². The number of nitrogens with one attached hydrogen (secondary N) is 1. The molecule has 1 heterocycles. The van der Waals surface area contributed by atoms with Crippen LogP contribution in [0.15, 0.2) is 24.3 Å². The fraction of sp³-hybridized carbons (Fsp3) is 0.533. The van der Waals surface area contributed by atoms with Crippen molar-refractivity contribution in [2.45, 2.75) is 38.3 Å². The Hall–Kier alpha value is -1.62. The van der Waals surface area contributed by atoms with Gasteiger partial charge in [0.1, 0.15) is 5.82 Å². The van der Waals surface area contributed by atoms with E-state index in [1.165, 1.54) is 6.07 Å². The van der Waals surface area contributed by atoms with Gasteiger partial charge in [0, 0.05) is 12.6 Å². The number of benzene rings is 1. The van der Waals surface area contributed by atoms with Crippen LogP contribution in [0.4, 0.5) is 9.18 Å². The molecule has 5 heteroatoms. The molecule has 0 aliphatic carbocycles. The molecule has 1 fully saturated rings. The third kappa shape index (κ3) is 3.48. The topological polar surface area (TPSA) is 52.6 Å². The minimum atomic E-state index is -0.247. The Balaban J connectivity index is 1.89. The molecular weight excluding hydrogens is 259 g/mol. The normalized spacial score (nSPS) is 19.9. The monoisotopic (exact) mass is 280 g/mol. The van der Waals surface area contributed by atoms with Crippen molar-refractivity contribution in [1.82, 2.24) is 10.2 Å². The number of likely N-dealkylation sites (tertiary alicyclic amines) is 1. The molecule has 0 radical (unpaired) electrons. The van der Waals surface area contributed by atoms with Crippen molar-refractivity contribution in [3.63, 3.8) is 0 Å². The summed E-state index contributed by atoms with van der Waals surface area (Å²) in [5.41, 5.74) is 0.598. The predicted molar refractivity (Wildman–Crippen MR) is 74.9 cm³/mol. The molecule has 1 aliphatic heterocycles. The highest BCUT2D eigenvalue weighted by Crippen LogP contribution is 2.17. The van der Waals surface area contributed by atoms with Gasteiger partial charge in [-0.15, -0.1) is 0 Å². The average molecular weight is 280 g/mol. The molecule has 2 amide bonds. The molecule has 0 aromatic heterocycles. The third-order valence-electron chi connectivity index (χ3n) is 3.70. The van der Waals surface area contributed by atoms with E-state index in [-0.39, 0.29) is 30.5 Å². The number of hydrogen-bond acceptors (Lipinski definition) is 2. The molecule has 110 valence electrons. The first-order valence-corrected chi connectivity index (χ1v) is 7.03. The zero-order chi connectivity index (χ0) is 14.5. The summed E-state index contributed by atoms with van der Waals surface area (Å²) >= 11 is 0. The van der Waals surface area contributed by atoms with Gasteiger partial charge in [-0.25, -0.2) is 9.18 Å². The molecule has 20 heavy (non-hydrogen) atoms. The quantitative estimate of drug-likeness (QED) is 0.885. The van der Waals surface area contributed by atoms with Crippen LogP contribution in [0.2, 0.25) is 0 Å². The first-order chi connectivity index (χ1) is 9.61. The van der Waals surface area contributed by atoms with Crippen LogP contribution in [0.1, 0.15) is 25.3 Å². The molecule has 2 rings (SSSR count). The second-order valence-electron chi connectivity index (χ2n) is 5.32. The second kappa shape index (κ2) is 6.70. The maximum Gasteiger partial charge on any atom is 0.317 e. The zero-order valence-electron chi connectivity index (χ0n) is 11.7. The molecule has 1 aromatic rings. The Morgan fingerprint density at radius 1 is 1.55 bits per heavy atom. The van der Waals surface area contributed by atoms with Crippen LogP contribution in [0.5, 0.6) is 0 Å². The van der Waals surface area contributed by atoms with Crippen molar-refractivity contribution < 1.29 is 14.3 Å². The molecule has 0 bridgehead atoms. The van der Waals surface area contributed by atoms with Gasteiger partial charge >= 0.3 is 6.03 Å². The van der Waals surface area contributed by atoms with Crippen LogP contribution in [-0.2, 0) is 6.42 Å². The summed E-state index contributed by atoms with van der Waals surface area (Å²) < 4.78 is 13.5. The number of rotatable bonds is 4. The highest BCUT2D eigenvalue weighted by Gasteiger charge is 2.28. The molecule has 1 saturated heterocycles. The lowest BCUT2D eigenvalue weighted by molar-refractivity contribution is 0.155. The summed E-state index contributed by atoms with van der Waals surface area (Å²) in [5.74, 6) is -0.247. The molecular formula is C15H21FN2O2. The number of carbonyl (C=O) groups is 1. The number of urea groups is 1. The summed E-state index contributed by atoms with van der Waals surface area (Å²) in [7, 11) is 0. The van der Waals surface area contributed by atoms with Crippen LogP contribution in [-0.4, -0.2) is 41.3 Å². The summed E-state index contributed by atoms with van der Waals surface area (Å²) in [6.07, 6.45) is 2.21. The van der Waals surface area contributed by atoms with Gasteiger partial charge in [-0.1, -0.05) is 18.2 Å². The highest BCUT2D eigenvalue weighted by atomic mass is 19.1. The molecule has 1 aliphatic rings. The number of nitrogens with zero attached hydrogens (tertiary/aromatic N) is 1. The third-order valence-corrected chi connectivity index (χ3v) is 3.70. The lowest BCUT2D eigenvalue weighted by Gasteiger charge is -2.25. The lowest BCUT2D eigenvalue weighted by atomic mass is 10.1. The first kappa shape index (κ1) is 14.8. The average Bonchev–Trinajstić information content (AvgIpc) is 2.89. The van der Waals surface area contributed by atoms with Crippen LogP contribution < -0.4 is 5.32 Å². The van der Waals surface area contributed by atoms with Gasteiger partial charge in [0.05, 0.1) is 12.6 Å². The van der Waals surface area contributed by atoms with E-state index in [9.17, 15) is 14.3 Å². The zero-order valence-corrected chi connectivity index (χ0v) is 11.7. The number of aliphatic hydroxyl groups is 1. The lowest BCUT2D eigenvalue weighted by Crippen LogP contribution is -2.47. The molecule has 2 atom stereocenters. The Morgan fingerprint density at radius 2 is 2.30 bits per heavy atom. The Labute approximate surface area is 118 Å². The van der Waals surface area contributed by atoms with E-state index >= 15 is 0 Å². The molecule has 0 saturated carbocycles. The van der Waals surface area contributed by atoms with Gasteiger partial charge in [-0.05, 0) is 37.8 Å². The highest BCUT2D eigenvalue weighted by molar-refractivity contribution is 5.75. The van der Waals surface area contributed by atoms with Gasteiger partial charge in [0.25, 0.3) is 0 Å². The number of halogens is 1. The minimum absolute atomic E-state index is 0.00485. The molecule has 0 spiro atoms. The van der Waals surface area contributed by atoms with Crippen LogP contribution in [0.3, 0.4) is 0 Å². The van der Waals surface area contributed by atoms with E-state index in [4.69, 9.17) is 0 Å². The smallest absolute Gasteiger partial charge is 0.317 e. The van der Waals surface area contributed by atoms with Crippen LogP contribution >= 0.6 is 0 Å². The summed E-state index contributed by atoms with van der Waals surface area (Å²) in [5, 5.41) is 12.1. The van der Waals surface area contributed by atoms with Crippen LogP contribution in [0, 0.1) is 5.82 Å². The maximum absolute atomic E-state index is 13.5. The molecule has 4 nitrogen and oxygen atoms in total. The van der Waals surface area contributed by atoms with Crippen LogP contribution in [0.25, 0.3) is 0 Å². The maximum atomic E-state index is 13.5. The number of hydrogen-bond donors (Lipinski definition) is 2. The standard InChI is InChI=1S/C15H21FN2O2/c1-11(9-12-5-2-3-7-14(12)16)17-15(20)18-8-4-6-13(18)10-19/h2-3,5,7,11,13,19H,4,6,8-10H2,1H3,(H,17,20). The van der Waals surface area contributed by atoms with E-state index in [1.54, 1.807) is 23.1 Å². The van der Waals surface area contributed by atoms with Gasteiger partial charge in [-0.3, -0.25) is 0 Å². The first-order valence-electron chi connectivity index (χ1n) is 7.03. The number of carbonyl (C=O) groups excluding carboxylic acids is 1. The largest absolute Gasteiger partial charge is 0.394 e. The van der Waals surface area contributed by atoms with Crippen molar-refractivity contribution in [2.24, 2.45) is 0 Å². The Morgan fingerprint density at radius 3 is 3.00 bits per heavy atom. The van der Waals surface area contributed by atoms with Crippen molar-refractivity contribution in [3.8, 4) is 0 Å².